The molecule has 2 aromatic carbocycles. The summed E-state index contributed by atoms with van der Waals surface area (Å²) >= 11 is 6.33. The number of aryl methyl sites for hydroxylation is 1. The van der Waals surface area contributed by atoms with E-state index in [0.717, 1.165) is 55.9 Å². The Balaban J connectivity index is 1.56. The summed E-state index contributed by atoms with van der Waals surface area (Å²) in [6.07, 6.45) is 6.09. The quantitative estimate of drug-likeness (QED) is 0.554. The lowest BCUT2D eigenvalue weighted by Crippen LogP contribution is -2.53. The number of hydrogen-bond donors (Lipinski definition) is 2. The molecule has 1 spiro atoms. The number of aliphatic hydroxyl groups is 1. The molecule has 1 heterocycles. The van der Waals surface area contributed by atoms with Crippen LogP contribution < -0.4 is 9.64 Å². The summed E-state index contributed by atoms with van der Waals surface area (Å²) in [4.78, 5) is 14.1. The molecule has 0 bridgehead atoms. The van der Waals surface area contributed by atoms with Crippen LogP contribution in [-0.2, 0) is 11.8 Å². The van der Waals surface area contributed by atoms with Gasteiger partial charge in [0.2, 0.25) is 0 Å². The first-order valence-electron chi connectivity index (χ1n) is 12.1. The molecule has 2 N–H and O–H groups in total. The van der Waals surface area contributed by atoms with E-state index in [9.17, 15) is 15.0 Å². The number of rotatable bonds is 5. The van der Waals surface area contributed by atoms with E-state index < -0.39 is 12.1 Å². The number of aliphatic hydroxyl groups excluding tert-OH is 1. The Hall–Kier alpha value is -2.50. The zero-order valence-electron chi connectivity index (χ0n) is 19.6. The smallest absolute Gasteiger partial charge is 0.335 e. The largest absolute Gasteiger partial charge is 0.490 e. The van der Waals surface area contributed by atoms with Crippen LogP contribution in [0.25, 0.3) is 0 Å². The van der Waals surface area contributed by atoms with Crippen molar-refractivity contribution in [2.75, 3.05) is 24.6 Å². The van der Waals surface area contributed by atoms with E-state index in [2.05, 4.69) is 30.5 Å². The van der Waals surface area contributed by atoms with E-state index in [1.165, 1.54) is 11.1 Å². The Morgan fingerprint density at radius 3 is 2.85 bits per heavy atom. The normalized spacial score (nSPS) is 28.7. The van der Waals surface area contributed by atoms with Crippen LogP contribution in [0.3, 0.4) is 0 Å². The van der Waals surface area contributed by atoms with Crippen molar-refractivity contribution in [2.45, 2.75) is 50.5 Å². The predicted octanol–water partition coefficient (Wildman–Crippen LogP) is 5.47. The average Bonchev–Trinajstić information content (AvgIpc) is 2.97. The maximum atomic E-state index is 11.8. The highest BCUT2D eigenvalue weighted by Gasteiger charge is 2.49. The van der Waals surface area contributed by atoms with Gasteiger partial charge in [0.05, 0.1) is 24.0 Å². The maximum absolute atomic E-state index is 11.8. The summed E-state index contributed by atoms with van der Waals surface area (Å²) in [5.74, 6) is 0.0356. The molecule has 5 nitrogen and oxygen atoms in total. The van der Waals surface area contributed by atoms with Crippen molar-refractivity contribution in [3.05, 3.63) is 70.8 Å². The second-order valence-corrected chi connectivity index (χ2v) is 11.0. The fraction of sp³-hybridized carbons (Fsp3) is 0.464. The standard InChI is InChI=1S/C28H32ClNO4/c1-3-25(31)27(2)12-10-20(27)15-30-16-28(11-4-5-18-13-21(29)7-8-22(18)28)17-34-24-9-6-19(26(32)33)14-23(24)30/h3,6-9,13-14,20,25,31H,1,4-5,10-12,15-17H2,2H3,(H,32,33)/t20-,25+,27+,28+/m1/s1. The van der Waals surface area contributed by atoms with Crippen LogP contribution in [-0.4, -0.2) is 42.0 Å². The molecule has 2 aromatic rings. The SMILES string of the molecule is C=C[C@H](O)[C@@]1(C)CC[C@@H]1CN1C[C@@]2(CCCc3cc(Cl)ccc32)COc2ccc(C(=O)O)cc21. The van der Waals surface area contributed by atoms with Gasteiger partial charge in [-0.3, -0.25) is 0 Å². The highest BCUT2D eigenvalue weighted by Crippen LogP contribution is 2.51. The molecule has 3 aliphatic rings. The fourth-order valence-corrected chi connectivity index (χ4v) is 6.47. The molecule has 0 radical (unpaired) electrons. The lowest BCUT2D eigenvalue weighted by Gasteiger charge is -2.52. The number of nitrogens with zero attached hydrogens (tertiary/aromatic N) is 1. The van der Waals surface area contributed by atoms with Gasteiger partial charge in [-0.05, 0) is 79.5 Å². The van der Waals surface area contributed by atoms with Gasteiger partial charge >= 0.3 is 5.97 Å². The average molecular weight is 482 g/mol. The first-order chi connectivity index (χ1) is 16.3. The second-order valence-electron chi connectivity index (χ2n) is 10.5. The third kappa shape index (κ3) is 3.79. The van der Waals surface area contributed by atoms with Gasteiger partial charge in [-0.25, -0.2) is 4.79 Å². The van der Waals surface area contributed by atoms with E-state index in [4.69, 9.17) is 16.3 Å². The van der Waals surface area contributed by atoms with Gasteiger partial charge in [-0.2, -0.15) is 0 Å². The minimum Gasteiger partial charge on any atom is -0.490 e. The van der Waals surface area contributed by atoms with Gasteiger partial charge in [-0.15, -0.1) is 6.58 Å². The molecule has 4 atom stereocenters. The van der Waals surface area contributed by atoms with Gasteiger partial charge in [-0.1, -0.05) is 30.7 Å². The number of anilines is 1. The Kier molecular flexibility index (Phi) is 5.89. The summed E-state index contributed by atoms with van der Waals surface area (Å²) in [6, 6.07) is 11.3. The summed E-state index contributed by atoms with van der Waals surface area (Å²) in [5, 5.41) is 21.1. The predicted molar refractivity (Wildman–Crippen MR) is 134 cm³/mol. The van der Waals surface area contributed by atoms with Crippen molar-refractivity contribution in [2.24, 2.45) is 11.3 Å². The van der Waals surface area contributed by atoms with Gasteiger partial charge < -0.3 is 19.8 Å². The Bertz CT molecular complexity index is 1130. The summed E-state index contributed by atoms with van der Waals surface area (Å²) < 4.78 is 6.41. The molecule has 0 aromatic heterocycles. The second kappa shape index (κ2) is 8.62. The van der Waals surface area contributed by atoms with Gasteiger partial charge in [0.15, 0.2) is 0 Å². The van der Waals surface area contributed by atoms with Crippen LogP contribution in [0.5, 0.6) is 5.75 Å². The lowest BCUT2D eigenvalue weighted by atomic mass is 9.58. The van der Waals surface area contributed by atoms with Gasteiger partial charge in [0.1, 0.15) is 5.75 Å². The van der Waals surface area contributed by atoms with Crippen LogP contribution in [0.4, 0.5) is 5.69 Å². The maximum Gasteiger partial charge on any atom is 0.335 e. The number of carboxylic acid groups (broad SMARTS) is 1. The highest BCUT2D eigenvalue weighted by atomic mass is 35.5. The zero-order chi connectivity index (χ0) is 24.1. The summed E-state index contributed by atoms with van der Waals surface area (Å²) in [5.41, 5.74) is 3.18. The third-order valence-electron chi connectivity index (χ3n) is 8.59. The van der Waals surface area contributed by atoms with E-state index in [-0.39, 0.29) is 22.3 Å². The van der Waals surface area contributed by atoms with E-state index in [1.54, 1.807) is 24.3 Å². The van der Waals surface area contributed by atoms with Crippen molar-refractivity contribution in [3.63, 3.8) is 0 Å². The van der Waals surface area contributed by atoms with Crippen LogP contribution in [0.15, 0.2) is 49.1 Å². The number of hydrogen-bond acceptors (Lipinski definition) is 4. The fourth-order valence-electron chi connectivity index (χ4n) is 6.28. The van der Waals surface area contributed by atoms with Crippen LogP contribution in [0.2, 0.25) is 5.02 Å². The minimum atomic E-state index is -0.949. The first-order valence-corrected chi connectivity index (χ1v) is 12.5. The lowest BCUT2D eigenvalue weighted by molar-refractivity contribution is -0.0466. The molecule has 1 fully saturated rings. The molecular formula is C28H32ClNO4. The van der Waals surface area contributed by atoms with Crippen LogP contribution in [0, 0.1) is 11.3 Å². The zero-order valence-corrected chi connectivity index (χ0v) is 20.4. The molecule has 6 heteroatoms. The van der Waals surface area contributed by atoms with Crippen molar-refractivity contribution in [1.82, 2.24) is 0 Å². The molecule has 0 saturated heterocycles. The van der Waals surface area contributed by atoms with Crippen molar-refractivity contribution >= 4 is 23.3 Å². The van der Waals surface area contributed by atoms with Crippen LogP contribution >= 0.6 is 11.6 Å². The van der Waals surface area contributed by atoms with Crippen LogP contribution in [0.1, 0.15) is 54.1 Å². The van der Waals surface area contributed by atoms with Crippen molar-refractivity contribution < 1.29 is 19.7 Å². The Labute approximate surface area is 206 Å². The van der Waals surface area contributed by atoms with Crippen molar-refractivity contribution in [1.29, 1.82) is 0 Å². The monoisotopic (exact) mass is 481 g/mol. The molecule has 5 rings (SSSR count). The third-order valence-corrected chi connectivity index (χ3v) is 8.82. The van der Waals surface area contributed by atoms with Gasteiger partial charge in [0, 0.05) is 28.9 Å². The number of carbonyl (C=O) groups is 1. The highest BCUT2D eigenvalue weighted by molar-refractivity contribution is 6.30. The molecular weight excluding hydrogens is 450 g/mol. The minimum absolute atomic E-state index is 0.211. The number of ether oxygens (including phenoxy) is 1. The molecule has 1 saturated carbocycles. The molecule has 0 amide bonds. The molecule has 34 heavy (non-hydrogen) atoms. The van der Waals surface area contributed by atoms with E-state index >= 15 is 0 Å². The van der Waals surface area contributed by atoms with E-state index in [1.807, 2.05) is 6.07 Å². The van der Waals surface area contributed by atoms with E-state index in [0.29, 0.717) is 12.4 Å². The number of benzene rings is 2. The van der Waals surface area contributed by atoms with Gasteiger partial charge in [0.25, 0.3) is 0 Å². The number of aromatic carboxylic acids is 1. The first kappa shape index (κ1) is 23.3. The topological polar surface area (TPSA) is 70.0 Å². The molecule has 180 valence electrons. The number of fused-ring (bicyclic) bond motifs is 3. The Morgan fingerprint density at radius 2 is 2.15 bits per heavy atom. The summed E-state index contributed by atoms with van der Waals surface area (Å²) in [6.45, 7) is 7.94. The van der Waals surface area contributed by atoms with Crippen molar-refractivity contribution in [3.8, 4) is 5.75 Å². The summed E-state index contributed by atoms with van der Waals surface area (Å²) in [7, 11) is 0. The Morgan fingerprint density at radius 1 is 1.32 bits per heavy atom. The number of carboxylic acids is 1. The molecule has 2 aliphatic carbocycles. The molecule has 0 unspecified atom stereocenters. The number of halogens is 1. The molecule has 1 aliphatic heterocycles.